The zero-order chi connectivity index (χ0) is 49.7. The van der Waals surface area contributed by atoms with Gasteiger partial charge >= 0.3 is 6.09 Å². The Kier molecular flexibility index (Phi) is 13.1. The lowest BCUT2D eigenvalue weighted by molar-refractivity contribution is -0.137. The van der Waals surface area contributed by atoms with Crippen molar-refractivity contribution in [1.82, 2.24) is 54.9 Å². The SMILES string of the molecule is CC(C)n1nc(-c2noc(C3CC3)c2-c2ncc(C3CCN(C(=O)OCC(=O)N4CCC(C(C)(C)N5CCN(c6c(F)cc(NC7CCC(=O)NC7=O)cc6F)CC5)CC4)CC3)cn2)c2c(N)ncnc21. The molecule has 4 aliphatic heterocycles. The molecule has 5 aromatic rings. The van der Waals surface area contributed by atoms with E-state index in [1.54, 1.807) is 19.4 Å². The van der Waals surface area contributed by atoms with Crippen LogP contribution in [-0.4, -0.2) is 144 Å². The fraction of sp³-hybridized carbons (Fsp3) is 0.551. The van der Waals surface area contributed by atoms with Crippen LogP contribution in [0.1, 0.15) is 108 Å². The number of carbonyl (C=O) groups excluding carboxylic acids is 4. The number of carbonyl (C=O) groups is 4. The van der Waals surface area contributed by atoms with E-state index in [9.17, 15) is 19.2 Å². The number of piperidine rings is 3. The first kappa shape index (κ1) is 47.8. The summed E-state index contributed by atoms with van der Waals surface area (Å²) >= 11 is 0. The topological polar surface area (TPSA) is 236 Å². The van der Waals surface area contributed by atoms with E-state index < -0.39 is 29.7 Å². The Bertz CT molecular complexity index is 2800. The standard InChI is InChI=1S/C49H60F2N14O6/c1-27(2)65-46-39(44(52)55-26-56-46)40(59-65)41-38(43(71-60-41)29-5-6-29)45-53-23-30(24-54-45)28-9-13-63(14-10-28)48(69)70-25-37(67)61-15-11-31(12-16-61)49(3,4)64-19-17-62(18-20-64)42-33(50)21-32(22-34(42)51)57-35-7-8-36(66)58-47(35)68/h21-24,26-29,31,35,57H,5-20,25H2,1-4H3,(H2,52,55,56)(H,58,66,68). The molecule has 0 bridgehead atoms. The van der Waals surface area contributed by atoms with Gasteiger partial charge in [-0.1, -0.05) is 5.16 Å². The Balaban J connectivity index is 0.679. The molecule has 1 atom stereocenters. The van der Waals surface area contributed by atoms with E-state index >= 15 is 8.78 Å². The van der Waals surface area contributed by atoms with E-state index in [2.05, 4.69) is 44.5 Å². The van der Waals surface area contributed by atoms with E-state index in [0.29, 0.717) is 105 Å². The number of amides is 4. The number of halogens is 2. The lowest BCUT2D eigenvalue weighted by atomic mass is 9.78. The smallest absolute Gasteiger partial charge is 0.410 e. The van der Waals surface area contributed by atoms with Gasteiger partial charge in [-0.3, -0.25) is 24.6 Å². The van der Waals surface area contributed by atoms with Crippen molar-refractivity contribution in [3.05, 3.63) is 53.8 Å². The summed E-state index contributed by atoms with van der Waals surface area (Å²) in [7, 11) is 0. The van der Waals surface area contributed by atoms with Crippen LogP contribution in [0.25, 0.3) is 33.8 Å². The number of nitrogens with zero attached hydrogens (tertiary/aromatic N) is 11. The van der Waals surface area contributed by atoms with Gasteiger partial charge in [0.15, 0.2) is 35.5 Å². The summed E-state index contributed by atoms with van der Waals surface area (Å²) in [6.45, 7) is 12.1. The lowest BCUT2D eigenvalue weighted by Crippen LogP contribution is -2.59. The van der Waals surface area contributed by atoms with Crippen LogP contribution in [0.15, 0.2) is 35.4 Å². The molecule has 4 N–H and O–H groups in total. The van der Waals surface area contributed by atoms with Crippen LogP contribution in [-0.2, 0) is 19.1 Å². The third-order valence-corrected chi connectivity index (χ3v) is 15.2. The predicted octanol–water partition coefficient (Wildman–Crippen LogP) is 5.63. The summed E-state index contributed by atoms with van der Waals surface area (Å²) in [5.74, 6) is -0.445. The molecule has 5 fully saturated rings. The number of likely N-dealkylation sites (tertiary alicyclic amines) is 2. The molecule has 22 heteroatoms. The number of benzene rings is 1. The third-order valence-electron chi connectivity index (χ3n) is 15.2. The first-order valence-corrected chi connectivity index (χ1v) is 24.7. The highest BCUT2D eigenvalue weighted by Crippen LogP contribution is 2.48. The maximum atomic E-state index is 15.4. The number of hydrogen-bond donors (Lipinski definition) is 3. The fourth-order valence-corrected chi connectivity index (χ4v) is 10.8. The largest absolute Gasteiger partial charge is 0.439 e. The molecular formula is C49H60F2N14O6. The number of nitrogen functional groups attached to an aromatic ring is 1. The zero-order valence-corrected chi connectivity index (χ0v) is 40.5. The normalized spacial score (nSPS) is 20.0. The number of aromatic nitrogens is 7. The molecule has 1 aliphatic carbocycles. The molecule has 10 rings (SSSR count). The Morgan fingerprint density at radius 2 is 1.55 bits per heavy atom. The predicted molar refractivity (Wildman–Crippen MR) is 257 cm³/mol. The van der Waals surface area contributed by atoms with Crippen LogP contribution in [0.2, 0.25) is 0 Å². The van der Waals surface area contributed by atoms with Crippen LogP contribution in [0.5, 0.6) is 0 Å². The molecular weight excluding hydrogens is 919 g/mol. The number of piperazine rings is 1. The van der Waals surface area contributed by atoms with Gasteiger partial charge in [-0.05, 0) is 102 Å². The van der Waals surface area contributed by atoms with Crippen LogP contribution in [0, 0.1) is 17.6 Å². The average Bonchev–Trinajstić information content (AvgIpc) is 3.99. The van der Waals surface area contributed by atoms with Gasteiger partial charge in [-0.15, -0.1) is 0 Å². The Labute approximate surface area is 409 Å². The average molecular weight is 979 g/mol. The number of nitrogens with one attached hydrogen (secondary N) is 2. The van der Waals surface area contributed by atoms with E-state index in [4.69, 9.17) is 30.1 Å². The number of hydrogen-bond acceptors (Lipinski definition) is 16. The third kappa shape index (κ3) is 9.57. The van der Waals surface area contributed by atoms with Gasteiger partial charge in [0, 0.05) is 94.4 Å². The monoisotopic (exact) mass is 978 g/mol. The molecule has 0 radical (unpaired) electrons. The Morgan fingerprint density at radius 1 is 0.873 bits per heavy atom. The first-order chi connectivity index (χ1) is 34.1. The van der Waals surface area contributed by atoms with E-state index in [-0.39, 0.29) is 72.0 Å². The van der Waals surface area contributed by atoms with Crippen LogP contribution < -0.4 is 21.3 Å². The van der Waals surface area contributed by atoms with Crippen molar-refractivity contribution >= 4 is 52.0 Å². The zero-order valence-electron chi connectivity index (χ0n) is 40.5. The summed E-state index contributed by atoms with van der Waals surface area (Å²) in [5.41, 5.74) is 9.45. The summed E-state index contributed by atoms with van der Waals surface area (Å²) < 4.78 is 44.1. The van der Waals surface area contributed by atoms with Gasteiger partial charge in [0.25, 0.3) is 5.91 Å². The fourth-order valence-electron chi connectivity index (χ4n) is 10.8. The molecule has 4 aromatic heterocycles. The summed E-state index contributed by atoms with van der Waals surface area (Å²) in [6, 6.07) is 1.64. The van der Waals surface area contributed by atoms with Crippen LogP contribution in [0.3, 0.4) is 0 Å². The number of fused-ring (bicyclic) bond motifs is 1. The van der Waals surface area contributed by atoms with Crippen molar-refractivity contribution in [3.63, 3.8) is 0 Å². The molecule has 376 valence electrons. The molecule has 5 aliphatic rings. The molecule has 1 unspecified atom stereocenters. The van der Waals surface area contributed by atoms with Crippen molar-refractivity contribution in [2.75, 3.05) is 74.9 Å². The van der Waals surface area contributed by atoms with Gasteiger partial charge < -0.3 is 35.0 Å². The van der Waals surface area contributed by atoms with Gasteiger partial charge in [-0.25, -0.2) is 38.2 Å². The summed E-state index contributed by atoms with van der Waals surface area (Å²) in [5, 5.41) is 15.1. The molecule has 1 aromatic carbocycles. The molecule has 20 nitrogen and oxygen atoms in total. The quantitative estimate of drug-likeness (QED) is 0.129. The number of nitrogens with two attached hydrogens (primary N) is 1. The maximum Gasteiger partial charge on any atom is 0.410 e. The lowest BCUT2D eigenvalue weighted by Gasteiger charge is -2.50. The van der Waals surface area contributed by atoms with Crippen molar-refractivity contribution in [3.8, 4) is 22.8 Å². The summed E-state index contributed by atoms with van der Waals surface area (Å²) in [6.07, 6.45) is 9.83. The van der Waals surface area contributed by atoms with Crippen molar-refractivity contribution in [1.29, 1.82) is 0 Å². The van der Waals surface area contributed by atoms with Crippen molar-refractivity contribution in [2.24, 2.45) is 5.92 Å². The van der Waals surface area contributed by atoms with Gasteiger partial charge in [-0.2, -0.15) is 5.10 Å². The maximum absolute atomic E-state index is 15.4. The highest BCUT2D eigenvalue weighted by Gasteiger charge is 2.41. The highest BCUT2D eigenvalue weighted by molar-refractivity contribution is 6.02. The second-order valence-corrected chi connectivity index (χ2v) is 20.3. The second kappa shape index (κ2) is 19.4. The molecule has 1 saturated carbocycles. The van der Waals surface area contributed by atoms with E-state index in [0.717, 1.165) is 37.0 Å². The number of ether oxygens (including phenoxy) is 1. The number of imide groups is 1. The van der Waals surface area contributed by atoms with Crippen LogP contribution in [0.4, 0.5) is 30.8 Å². The molecule has 71 heavy (non-hydrogen) atoms. The van der Waals surface area contributed by atoms with E-state index in [1.807, 2.05) is 26.2 Å². The second-order valence-electron chi connectivity index (χ2n) is 20.3. The first-order valence-electron chi connectivity index (χ1n) is 24.7. The minimum Gasteiger partial charge on any atom is -0.439 e. The van der Waals surface area contributed by atoms with Gasteiger partial charge in [0.1, 0.15) is 35.3 Å². The van der Waals surface area contributed by atoms with Crippen molar-refractivity contribution in [2.45, 2.75) is 109 Å². The van der Waals surface area contributed by atoms with E-state index in [1.165, 1.54) is 18.5 Å². The minimum absolute atomic E-state index is 0.00690. The summed E-state index contributed by atoms with van der Waals surface area (Å²) in [4.78, 5) is 76.0. The van der Waals surface area contributed by atoms with Gasteiger partial charge in [0.2, 0.25) is 11.8 Å². The van der Waals surface area contributed by atoms with Crippen LogP contribution >= 0.6 is 0 Å². The molecule has 4 amide bonds. The van der Waals surface area contributed by atoms with Gasteiger partial charge in [0.05, 0.1) is 10.9 Å². The number of anilines is 3. The molecule has 0 spiro atoms. The Morgan fingerprint density at radius 3 is 2.20 bits per heavy atom. The Hall–Kier alpha value is -6.84. The highest BCUT2D eigenvalue weighted by atomic mass is 19.1. The number of rotatable bonds is 12. The molecule has 8 heterocycles. The molecule has 4 saturated heterocycles. The minimum atomic E-state index is -0.751. The van der Waals surface area contributed by atoms with Crippen molar-refractivity contribution < 1.29 is 37.2 Å².